The predicted octanol–water partition coefficient (Wildman–Crippen LogP) is 3.27. The highest BCUT2D eigenvalue weighted by atomic mass is 32.2. The molecule has 0 amide bonds. The number of nitrogens with one attached hydrogen (secondary N) is 1. The van der Waals surface area contributed by atoms with Crippen molar-refractivity contribution in [3.63, 3.8) is 0 Å². The highest BCUT2D eigenvalue weighted by Gasteiger charge is 2.14. The molecule has 1 N–H and O–H groups in total. The minimum Gasteiger partial charge on any atom is -0.278 e. The maximum atomic E-state index is 12.5. The number of rotatable bonds is 6. The quantitative estimate of drug-likeness (QED) is 0.735. The molecule has 0 aliphatic rings. The first-order valence-electron chi connectivity index (χ1n) is 8.02. The summed E-state index contributed by atoms with van der Waals surface area (Å²) >= 11 is 0. The lowest BCUT2D eigenvalue weighted by Gasteiger charge is -2.10. The van der Waals surface area contributed by atoms with Crippen LogP contribution in [0.4, 0.5) is 5.69 Å². The SMILES string of the molecule is CC(C)Cc1ccc(S(=O)(=O)Nc2ccc(-n3cccn3)nc2)cc1. The fraction of sp³-hybridized carbons (Fsp3) is 0.222. The van der Waals surface area contributed by atoms with Gasteiger partial charge in [-0.05, 0) is 48.2 Å². The molecule has 6 nitrogen and oxygen atoms in total. The number of aromatic nitrogens is 3. The van der Waals surface area contributed by atoms with Crippen LogP contribution in [0.15, 0.2) is 66.0 Å². The lowest BCUT2D eigenvalue weighted by Crippen LogP contribution is -2.13. The van der Waals surface area contributed by atoms with E-state index in [1.807, 2.05) is 12.1 Å². The van der Waals surface area contributed by atoms with Gasteiger partial charge in [-0.3, -0.25) is 4.72 Å². The van der Waals surface area contributed by atoms with Crippen LogP contribution < -0.4 is 4.72 Å². The zero-order chi connectivity index (χ0) is 17.9. The largest absolute Gasteiger partial charge is 0.278 e. The molecule has 0 spiro atoms. The molecule has 0 atom stereocenters. The number of sulfonamides is 1. The second kappa shape index (κ2) is 7.06. The van der Waals surface area contributed by atoms with Crippen LogP contribution in [0, 0.1) is 5.92 Å². The van der Waals surface area contributed by atoms with Crippen molar-refractivity contribution >= 4 is 15.7 Å². The van der Waals surface area contributed by atoms with Crippen LogP contribution in [-0.2, 0) is 16.4 Å². The monoisotopic (exact) mass is 356 g/mol. The Morgan fingerprint density at radius 1 is 1.12 bits per heavy atom. The Bertz CT molecular complexity index is 916. The van der Waals surface area contributed by atoms with E-state index in [-0.39, 0.29) is 4.90 Å². The summed E-state index contributed by atoms with van der Waals surface area (Å²) in [7, 11) is -3.64. The zero-order valence-corrected chi connectivity index (χ0v) is 14.9. The molecule has 3 rings (SSSR count). The number of anilines is 1. The summed E-state index contributed by atoms with van der Waals surface area (Å²) in [6.07, 6.45) is 5.82. The van der Waals surface area contributed by atoms with Gasteiger partial charge in [-0.15, -0.1) is 0 Å². The van der Waals surface area contributed by atoms with Gasteiger partial charge in [0.15, 0.2) is 5.82 Å². The van der Waals surface area contributed by atoms with E-state index in [4.69, 9.17) is 0 Å². The van der Waals surface area contributed by atoms with Gasteiger partial charge < -0.3 is 0 Å². The average Bonchev–Trinajstić information content (AvgIpc) is 3.09. The first kappa shape index (κ1) is 17.2. The van der Waals surface area contributed by atoms with E-state index in [1.165, 1.54) is 6.20 Å². The summed E-state index contributed by atoms with van der Waals surface area (Å²) < 4.78 is 29.1. The predicted molar refractivity (Wildman–Crippen MR) is 97.2 cm³/mol. The van der Waals surface area contributed by atoms with Crippen molar-refractivity contribution in [2.24, 2.45) is 5.92 Å². The van der Waals surface area contributed by atoms with Gasteiger partial charge in [-0.1, -0.05) is 26.0 Å². The van der Waals surface area contributed by atoms with E-state index >= 15 is 0 Å². The standard InChI is InChI=1S/C18H20N4O2S/c1-14(2)12-15-4-7-17(8-5-15)25(23,24)21-16-6-9-18(19-13-16)22-11-3-10-20-22/h3-11,13-14,21H,12H2,1-2H3. The molecule has 0 aliphatic heterocycles. The van der Waals surface area contributed by atoms with E-state index in [9.17, 15) is 8.42 Å². The lowest BCUT2D eigenvalue weighted by atomic mass is 10.0. The first-order valence-corrected chi connectivity index (χ1v) is 9.50. The van der Waals surface area contributed by atoms with Crippen molar-refractivity contribution < 1.29 is 8.42 Å². The Hall–Kier alpha value is -2.67. The molecule has 130 valence electrons. The Morgan fingerprint density at radius 2 is 1.88 bits per heavy atom. The summed E-state index contributed by atoms with van der Waals surface area (Å²) in [5.74, 6) is 1.14. The molecule has 25 heavy (non-hydrogen) atoms. The van der Waals surface area contributed by atoms with E-state index in [2.05, 4.69) is 28.7 Å². The second-order valence-corrected chi connectivity index (χ2v) is 7.89. The molecular formula is C18H20N4O2S. The smallest absolute Gasteiger partial charge is 0.261 e. The van der Waals surface area contributed by atoms with Gasteiger partial charge in [0.2, 0.25) is 0 Å². The fourth-order valence-corrected chi connectivity index (χ4v) is 3.52. The Labute approximate surface area is 147 Å². The first-order chi connectivity index (χ1) is 11.9. The number of nitrogens with zero attached hydrogens (tertiary/aromatic N) is 3. The molecule has 3 aromatic rings. The van der Waals surface area contributed by atoms with Crippen molar-refractivity contribution in [2.45, 2.75) is 25.2 Å². The number of hydrogen-bond acceptors (Lipinski definition) is 4. The van der Waals surface area contributed by atoms with Gasteiger partial charge in [0, 0.05) is 12.4 Å². The third-order valence-electron chi connectivity index (χ3n) is 3.62. The molecule has 0 saturated carbocycles. The van der Waals surface area contributed by atoms with Crippen molar-refractivity contribution in [1.29, 1.82) is 0 Å². The molecule has 0 unspecified atom stereocenters. The molecule has 0 radical (unpaired) electrons. The lowest BCUT2D eigenvalue weighted by molar-refractivity contribution is 0.601. The Balaban J connectivity index is 1.74. The molecule has 2 heterocycles. The molecule has 0 aliphatic carbocycles. The van der Waals surface area contributed by atoms with Crippen LogP contribution in [0.1, 0.15) is 19.4 Å². The highest BCUT2D eigenvalue weighted by Crippen LogP contribution is 2.18. The molecule has 0 bridgehead atoms. The highest BCUT2D eigenvalue weighted by molar-refractivity contribution is 7.92. The van der Waals surface area contributed by atoms with E-state index in [0.717, 1.165) is 12.0 Å². The number of pyridine rings is 1. The van der Waals surface area contributed by atoms with E-state index in [0.29, 0.717) is 17.4 Å². The average molecular weight is 356 g/mol. The van der Waals surface area contributed by atoms with Crippen molar-refractivity contribution in [1.82, 2.24) is 14.8 Å². The summed E-state index contributed by atoms with van der Waals surface area (Å²) in [5.41, 5.74) is 1.53. The Morgan fingerprint density at radius 3 is 2.44 bits per heavy atom. The maximum absolute atomic E-state index is 12.5. The van der Waals surface area contributed by atoms with Gasteiger partial charge in [-0.2, -0.15) is 5.10 Å². The zero-order valence-electron chi connectivity index (χ0n) is 14.1. The van der Waals surface area contributed by atoms with Crippen LogP contribution in [0.5, 0.6) is 0 Å². The van der Waals surface area contributed by atoms with Crippen LogP contribution >= 0.6 is 0 Å². The third kappa shape index (κ3) is 4.24. The minimum atomic E-state index is -3.64. The van der Waals surface area contributed by atoms with Crippen LogP contribution in [0.25, 0.3) is 5.82 Å². The van der Waals surface area contributed by atoms with Crippen molar-refractivity contribution in [2.75, 3.05) is 4.72 Å². The molecule has 1 aromatic carbocycles. The molecule has 0 saturated heterocycles. The van der Waals surface area contributed by atoms with Gasteiger partial charge in [-0.25, -0.2) is 18.1 Å². The number of hydrogen-bond donors (Lipinski definition) is 1. The second-order valence-electron chi connectivity index (χ2n) is 6.20. The summed E-state index contributed by atoms with van der Waals surface area (Å²) in [6, 6.07) is 12.1. The maximum Gasteiger partial charge on any atom is 0.261 e. The van der Waals surface area contributed by atoms with E-state index < -0.39 is 10.0 Å². The Kier molecular flexibility index (Phi) is 4.85. The third-order valence-corrected chi connectivity index (χ3v) is 5.01. The molecule has 7 heteroatoms. The van der Waals surface area contributed by atoms with Crippen LogP contribution in [-0.4, -0.2) is 23.2 Å². The molecule has 2 aromatic heterocycles. The molecular weight excluding hydrogens is 336 g/mol. The summed E-state index contributed by atoms with van der Waals surface area (Å²) in [5, 5.41) is 4.08. The number of benzene rings is 1. The summed E-state index contributed by atoms with van der Waals surface area (Å²) in [4.78, 5) is 4.45. The van der Waals surface area contributed by atoms with Crippen LogP contribution in [0.3, 0.4) is 0 Å². The summed E-state index contributed by atoms with van der Waals surface area (Å²) in [6.45, 7) is 4.26. The van der Waals surface area contributed by atoms with E-state index in [1.54, 1.807) is 47.4 Å². The van der Waals surface area contributed by atoms with Gasteiger partial charge in [0.05, 0.1) is 16.8 Å². The normalized spacial score (nSPS) is 11.6. The van der Waals surface area contributed by atoms with Gasteiger partial charge >= 0.3 is 0 Å². The van der Waals surface area contributed by atoms with Crippen molar-refractivity contribution in [3.8, 4) is 5.82 Å². The molecule has 0 fully saturated rings. The topological polar surface area (TPSA) is 76.9 Å². The fourth-order valence-electron chi connectivity index (χ4n) is 2.48. The van der Waals surface area contributed by atoms with Gasteiger partial charge in [0.1, 0.15) is 0 Å². The van der Waals surface area contributed by atoms with Crippen molar-refractivity contribution in [3.05, 3.63) is 66.6 Å². The minimum absolute atomic E-state index is 0.233. The van der Waals surface area contributed by atoms with Gasteiger partial charge in [0.25, 0.3) is 10.0 Å². The van der Waals surface area contributed by atoms with Crippen LogP contribution in [0.2, 0.25) is 0 Å².